The summed E-state index contributed by atoms with van der Waals surface area (Å²) in [5.41, 5.74) is 0.933. The van der Waals surface area contributed by atoms with Crippen molar-refractivity contribution in [2.75, 3.05) is 12.4 Å². The number of amides is 1. The SMILES string of the molecule is COCc1cccc(NC(=O)c2ccnc(F)c2F)c1. The molecule has 0 spiro atoms. The number of ether oxygens (including phenoxy) is 1. The molecule has 2 rings (SSSR count). The van der Waals surface area contributed by atoms with Crippen LogP contribution >= 0.6 is 0 Å². The minimum absolute atomic E-state index is 0.391. The van der Waals surface area contributed by atoms with Crippen LogP contribution in [0.2, 0.25) is 0 Å². The largest absolute Gasteiger partial charge is 0.380 e. The van der Waals surface area contributed by atoms with Gasteiger partial charge in [0.25, 0.3) is 5.91 Å². The van der Waals surface area contributed by atoms with Crippen LogP contribution in [0, 0.1) is 11.8 Å². The average Bonchev–Trinajstić information content (AvgIpc) is 2.42. The molecule has 0 fully saturated rings. The molecule has 4 nitrogen and oxygen atoms in total. The molecule has 104 valence electrons. The summed E-state index contributed by atoms with van der Waals surface area (Å²) in [5, 5.41) is 2.50. The Morgan fingerprint density at radius 2 is 2.15 bits per heavy atom. The highest BCUT2D eigenvalue weighted by Crippen LogP contribution is 2.15. The molecular formula is C14H12F2N2O2. The van der Waals surface area contributed by atoms with E-state index in [1.165, 1.54) is 0 Å². The zero-order chi connectivity index (χ0) is 14.5. The number of hydrogen-bond acceptors (Lipinski definition) is 3. The van der Waals surface area contributed by atoms with E-state index in [0.717, 1.165) is 17.8 Å². The normalized spacial score (nSPS) is 10.3. The van der Waals surface area contributed by atoms with Crippen LogP contribution in [-0.2, 0) is 11.3 Å². The number of aromatic nitrogens is 1. The van der Waals surface area contributed by atoms with Crippen molar-refractivity contribution in [2.24, 2.45) is 0 Å². The molecule has 0 saturated carbocycles. The van der Waals surface area contributed by atoms with Gasteiger partial charge in [-0.2, -0.15) is 4.39 Å². The van der Waals surface area contributed by atoms with Crippen LogP contribution in [0.4, 0.5) is 14.5 Å². The van der Waals surface area contributed by atoms with Gasteiger partial charge in [0.1, 0.15) is 0 Å². The molecule has 1 aromatic heterocycles. The first kappa shape index (κ1) is 14.1. The van der Waals surface area contributed by atoms with Gasteiger partial charge in [0.2, 0.25) is 5.95 Å². The van der Waals surface area contributed by atoms with Crippen LogP contribution in [-0.4, -0.2) is 18.0 Å². The molecule has 0 atom stereocenters. The Morgan fingerprint density at radius 3 is 2.90 bits per heavy atom. The monoisotopic (exact) mass is 278 g/mol. The second kappa shape index (κ2) is 6.21. The van der Waals surface area contributed by atoms with E-state index in [1.807, 2.05) is 6.07 Å². The molecule has 6 heteroatoms. The van der Waals surface area contributed by atoms with Crippen LogP contribution in [0.5, 0.6) is 0 Å². The Balaban J connectivity index is 2.19. The zero-order valence-electron chi connectivity index (χ0n) is 10.7. The fraction of sp³-hybridized carbons (Fsp3) is 0.143. The maximum absolute atomic E-state index is 13.4. The van der Waals surface area contributed by atoms with Gasteiger partial charge in [-0.3, -0.25) is 4.79 Å². The summed E-state index contributed by atoms with van der Waals surface area (Å²) in [4.78, 5) is 15.0. The second-order valence-corrected chi connectivity index (χ2v) is 4.05. The van der Waals surface area contributed by atoms with Crippen molar-refractivity contribution in [1.82, 2.24) is 4.98 Å². The molecule has 20 heavy (non-hydrogen) atoms. The maximum Gasteiger partial charge on any atom is 0.258 e. The summed E-state index contributed by atoms with van der Waals surface area (Å²) in [6.07, 6.45) is 1.04. The van der Waals surface area contributed by atoms with Gasteiger partial charge in [-0.15, -0.1) is 0 Å². The van der Waals surface area contributed by atoms with Crippen LogP contribution in [0.3, 0.4) is 0 Å². The third-order valence-electron chi connectivity index (χ3n) is 2.59. The lowest BCUT2D eigenvalue weighted by Crippen LogP contribution is -2.15. The number of pyridine rings is 1. The van der Waals surface area contributed by atoms with E-state index < -0.39 is 23.2 Å². The predicted octanol–water partition coefficient (Wildman–Crippen LogP) is 2.76. The number of methoxy groups -OCH3 is 1. The van der Waals surface area contributed by atoms with E-state index in [0.29, 0.717) is 12.3 Å². The lowest BCUT2D eigenvalue weighted by molar-refractivity contribution is 0.102. The molecule has 2 aromatic rings. The summed E-state index contributed by atoms with van der Waals surface area (Å²) < 4.78 is 31.4. The van der Waals surface area contributed by atoms with Crippen LogP contribution < -0.4 is 5.32 Å². The Kier molecular flexibility index (Phi) is 4.37. The molecule has 0 aliphatic rings. The Hall–Kier alpha value is -2.34. The number of rotatable bonds is 4. The third kappa shape index (κ3) is 3.16. The van der Waals surface area contributed by atoms with Gasteiger partial charge >= 0.3 is 0 Å². The highest BCUT2D eigenvalue weighted by Gasteiger charge is 2.16. The van der Waals surface area contributed by atoms with Gasteiger partial charge in [0.05, 0.1) is 12.2 Å². The van der Waals surface area contributed by atoms with Gasteiger partial charge in [-0.1, -0.05) is 12.1 Å². The van der Waals surface area contributed by atoms with E-state index in [1.54, 1.807) is 25.3 Å². The number of hydrogen-bond donors (Lipinski definition) is 1. The standard InChI is InChI=1S/C14H12F2N2O2/c1-20-8-9-3-2-4-10(7-9)18-14(19)11-5-6-17-13(16)12(11)15/h2-7H,8H2,1H3,(H,18,19). The Bertz CT molecular complexity index is 632. The van der Waals surface area contributed by atoms with Gasteiger partial charge in [-0.05, 0) is 23.8 Å². The quantitative estimate of drug-likeness (QED) is 0.875. The van der Waals surface area contributed by atoms with E-state index in [-0.39, 0.29) is 0 Å². The van der Waals surface area contributed by atoms with Crippen LogP contribution in [0.15, 0.2) is 36.5 Å². The number of carbonyl (C=O) groups excluding carboxylic acids is 1. The van der Waals surface area contributed by atoms with Crippen LogP contribution in [0.25, 0.3) is 0 Å². The maximum atomic E-state index is 13.4. The number of benzene rings is 1. The molecule has 1 amide bonds. The first-order valence-electron chi connectivity index (χ1n) is 5.81. The van der Waals surface area contributed by atoms with E-state index in [2.05, 4.69) is 10.3 Å². The van der Waals surface area contributed by atoms with Gasteiger partial charge in [0.15, 0.2) is 5.82 Å². The molecule has 1 N–H and O–H groups in total. The number of nitrogens with one attached hydrogen (secondary N) is 1. The predicted molar refractivity (Wildman–Crippen MR) is 69.3 cm³/mol. The number of carbonyl (C=O) groups is 1. The molecule has 1 aromatic carbocycles. The molecule has 0 aliphatic carbocycles. The Morgan fingerprint density at radius 1 is 1.35 bits per heavy atom. The first-order chi connectivity index (χ1) is 9.61. The van der Waals surface area contributed by atoms with Crippen molar-refractivity contribution >= 4 is 11.6 Å². The second-order valence-electron chi connectivity index (χ2n) is 4.05. The topological polar surface area (TPSA) is 51.2 Å². The minimum Gasteiger partial charge on any atom is -0.380 e. The van der Waals surface area contributed by atoms with Crippen molar-refractivity contribution in [3.05, 3.63) is 59.4 Å². The molecular weight excluding hydrogens is 266 g/mol. The Labute approximate surface area is 114 Å². The molecule has 1 heterocycles. The molecule has 0 saturated heterocycles. The van der Waals surface area contributed by atoms with Gasteiger partial charge < -0.3 is 10.1 Å². The van der Waals surface area contributed by atoms with Crippen molar-refractivity contribution in [2.45, 2.75) is 6.61 Å². The minimum atomic E-state index is -1.30. The van der Waals surface area contributed by atoms with Crippen molar-refractivity contribution in [1.29, 1.82) is 0 Å². The first-order valence-corrected chi connectivity index (χ1v) is 5.81. The van der Waals surface area contributed by atoms with E-state index in [9.17, 15) is 13.6 Å². The molecule has 0 aliphatic heterocycles. The highest BCUT2D eigenvalue weighted by molar-refractivity contribution is 6.04. The summed E-state index contributed by atoms with van der Waals surface area (Å²) in [6, 6.07) is 8.01. The molecule has 0 unspecified atom stereocenters. The smallest absolute Gasteiger partial charge is 0.258 e. The van der Waals surface area contributed by atoms with Crippen molar-refractivity contribution in [3.63, 3.8) is 0 Å². The highest BCUT2D eigenvalue weighted by atomic mass is 19.2. The number of anilines is 1. The zero-order valence-corrected chi connectivity index (χ0v) is 10.7. The fourth-order valence-corrected chi connectivity index (χ4v) is 1.70. The fourth-order valence-electron chi connectivity index (χ4n) is 1.70. The lowest BCUT2D eigenvalue weighted by Gasteiger charge is -2.08. The van der Waals surface area contributed by atoms with Crippen molar-refractivity contribution in [3.8, 4) is 0 Å². The average molecular weight is 278 g/mol. The molecule has 0 bridgehead atoms. The van der Waals surface area contributed by atoms with E-state index >= 15 is 0 Å². The summed E-state index contributed by atoms with van der Waals surface area (Å²) in [7, 11) is 1.56. The number of nitrogens with zero attached hydrogens (tertiary/aromatic N) is 1. The van der Waals surface area contributed by atoms with Gasteiger partial charge in [-0.25, -0.2) is 9.37 Å². The number of halogens is 2. The van der Waals surface area contributed by atoms with E-state index in [4.69, 9.17) is 4.74 Å². The molecule has 0 radical (unpaired) electrons. The lowest BCUT2D eigenvalue weighted by atomic mass is 10.2. The van der Waals surface area contributed by atoms with Crippen LogP contribution in [0.1, 0.15) is 15.9 Å². The third-order valence-corrected chi connectivity index (χ3v) is 2.59. The summed E-state index contributed by atoms with van der Waals surface area (Å²) in [6.45, 7) is 0.391. The van der Waals surface area contributed by atoms with Gasteiger partial charge in [0, 0.05) is 19.0 Å². The summed E-state index contributed by atoms with van der Waals surface area (Å²) >= 11 is 0. The summed E-state index contributed by atoms with van der Waals surface area (Å²) in [5.74, 6) is -3.30. The van der Waals surface area contributed by atoms with Crippen molar-refractivity contribution < 1.29 is 18.3 Å².